The van der Waals surface area contributed by atoms with Gasteiger partial charge in [0.15, 0.2) is 11.6 Å². The summed E-state index contributed by atoms with van der Waals surface area (Å²) in [6.45, 7) is 0.250. The molecule has 2 aliphatic rings. The third-order valence-corrected chi connectivity index (χ3v) is 4.75. The largest absolute Gasteiger partial charge is 0.490 e. The molecule has 1 saturated carbocycles. The lowest BCUT2D eigenvalue weighted by Crippen LogP contribution is -2.32. The van der Waals surface area contributed by atoms with Crippen molar-refractivity contribution in [1.82, 2.24) is 10.3 Å². The monoisotopic (exact) mass is 395 g/mol. The lowest BCUT2D eigenvalue weighted by molar-refractivity contribution is 0.247. The molecular formula is C16H12BrF2N3O2. The Labute approximate surface area is 144 Å². The van der Waals surface area contributed by atoms with Gasteiger partial charge in [-0.1, -0.05) is 0 Å². The van der Waals surface area contributed by atoms with E-state index in [1.165, 1.54) is 0 Å². The highest BCUT2D eigenvalue weighted by Crippen LogP contribution is 2.55. The molecule has 4 rings (SSSR count). The molecule has 2 N–H and O–H groups in total. The van der Waals surface area contributed by atoms with E-state index in [0.717, 1.165) is 16.6 Å². The molecule has 0 saturated heterocycles. The van der Waals surface area contributed by atoms with Crippen molar-refractivity contribution >= 4 is 27.8 Å². The van der Waals surface area contributed by atoms with E-state index in [0.29, 0.717) is 5.82 Å². The first-order valence-corrected chi connectivity index (χ1v) is 8.13. The number of anilines is 1. The topological polar surface area (TPSA) is 63.2 Å². The van der Waals surface area contributed by atoms with E-state index in [2.05, 4.69) is 31.5 Å². The quantitative estimate of drug-likeness (QED) is 0.818. The number of halogens is 3. The van der Waals surface area contributed by atoms with Crippen LogP contribution in [-0.2, 0) is 0 Å². The Kier molecular flexibility index (Phi) is 3.64. The number of carbonyl (C=O) groups is 1. The van der Waals surface area contributed by atoms with Crippen molar-refractivity contribution < 1.29 is 18.3 Å². The molecule has 2 heterocycles. The van der Waals surface area contributed by atoms with Crippen molar-refractivity contribution in [1.29, 1.82) is 0 Å². The average Bonchev–Trinajstić information content (AvgIpc) is 3.26. The zero-order chi connectivity index (χ0) is 16.8. The summed E-state index contributed by atoms with van der Waals surface area (Å²) in [5, 5.41) is 5.39. The van der Waals surface area contributed by atoms with Gasteiger partial charge in [0.05, 0.1) is 6.61 Å². The minimum Gasteiger partial charge on any atom is -0.490 e. The van der Waals surface area contributed by atoms with Gasteiger partial charge < -0.3 is 10.1 Å². The molecule has 5 nitrogen and oxygen atoms in total. The number of benzene rings is 1. The Morgan fingerprint density at radius 3 is 2.79 bits per heavy atom. The van der Waals surface area contributed by atoms with Gasteiger partial charge in [0.2, 0.25) is 0 Å². The Balaban J connectivity index is 1.47. The molecule has 0 radical (unpaired) electrons. The van der Waals surface area contributed by atoms with Gasteiger partial charge in [-0.2, -0.15) is 0 Å². The molecule has 2 aromatic rings. The molecule has 1 aliphatic heterocycles. The highest BCUT2D eigenvalue weighted by molar-refractivity contribution is 9.10. The number of rotatable bonds is 2. The molecule has 1 aromatic carbocycles. The second kappa shape index (κ2) is 5.70. The number of carbonyl (C=O) groups excluding carboxylic acids is 1. The van der Waals surface area contributed by atoms with Crippen molar-refractivity contribution in [2.45, 2.75) is 12.0 Å². The standard InChI is InChI=1S/C16H12BrF2N3O2/c17-7-1-4-11(20-5-7)21-16(23)22-14-8-6-24-15-10(19)3-2-9(18)13(15)12(8)14/h1-5,8,12,14H,6H2,(H2,20,21,22,23). The maximum Gasteiger partial charge on any atom is 0.320 e. The number of urea groups is 1. The first-order valence-electron chi connectivity index (χ1n) is 7.34. The molecule has 0 bridgehead atoms. The number of nitrogens with zero attached hydrogens (tertiary/aromatic N) is 1. The first-order chi connectivity index (χ1) is 11.5. The highest BCUT2D eigenvalue weighted by atomic mass is 79.9. The first kappa shape index (κ1) is 15.3. The summed E-state index contributed by atoms with van der Waals surface area (Å²) in [6.07, 6.45) is 1.56. The van der Waals surface area contributed by atoms with Gasteiger partial charge >= 0.3 is 6.03 Å². The van der Waals surface area contributed by atoms with Crippen molar-refractivity contribution in [2.24, 2.45) is 5.92 Å². The van der Waals surface area contributed by atoms with E-state index in [1.54, 1.807) is 18.3 Å². The third kappa shape index (κ3) is 2.60. The van der Waals surface area contributed by atoms with E-state index in [4.69, 9.17) is 4.74 Å². The van der Waals surface area contributed by atoms with Crippen LogP contribution in [0.4, 0.5) is 19.4 Å². The summed E-state index contributed by atoms with van der Waals surface area (Å²) < 4.78 is 33.9. The van der Waals surface area contributed by atoms with Crippen LogP contribution in [0.3, 0.4) is 0 Å². The van der Waals surface area contributed by atoms with Gasteiger partial charge in [-0.25, -0.2) is 18.6 Å². The van der Waals surface area contributed by atoms with E-state index in [1.807, 2.05) is 0 Å². The number of pyridine rings is 1. The smallest absolute Gasteiger partial charge is 0.320 e. The van der Waals surface area contributed by atoms with Gasteiger partial charge in [0.1, 0.15) is 11.6 Å². The zero-order valence-corrected chi connectivity index (χ0v) is 13.8. The Bertz CT molecular complexity index is 816. The zero-order valence-electron chi connectivity index (χ0n) is 12.2. The van der Waals surface area contributed by atoms with Gasteiger partial charge in [0.25, 0.3) is 0 Å². The number of nitrogens with one attached hydrogen (secondary N) is 2. The number of amides is 2. The maximum atomic E-state index is 14.0. The second-order valence-corrected chi connectivity index (χ2v) is 6.67. The van der Waals surface area contributed by atoms with Crippen LogP contribution in [0, 0.1) is 17.6 Å². The lowest BCUT2D eigenvalue weighted by Gasteiger charge is -2.16. The maximum absolute atomic E-state index is 14.0. The number of hydrogen-bond donors (Lipinski definition) is 2. The summed E-state index contributed by atoms with van der Waals surface area (Å²) in [5.41, 5.74) is 0.207. The number of fused-ring (bicyclic) bond motifs is 3. The Hall–Kier alpha value is -2.22. The van der Waals surface area contributed by atoms with Crippen LogP contribution in [0.1, 0.15) is 11.5 Å². The minimum atomic E-state index is -0.584. The SMILES string of the molecule is O=C(Nc1ccc(Br)cn1)NC1C2COc3c(F)ccc(F)c3C21. The fourth-order valence-electron chi connectivity index (χ4n) is 3.11. The fraction of sp³-hybridized carbons (Fsp3) is 0.250. The van der Waals surface area contributed by atoms with E-state index < -0.39 is 17.7 Å². The van der Waals surface area contributed by atoms with Crippen LogP contribution in [0.2, 0.25) is 0 Å². The van der Waals surface area contributed by atoms with E-state index >= 15 is 0 Å². The van der Waals surface area contributed by atoms with Crippen LogP contribution in [0.15, 0.2) is 34.9 Å². The van der Waals surface area contributed by atoms with Crippen LogP contribution < -0.4 is 15.4 Å². The summed E-state index contributed by atoms with van der Waals surface area (Å²) in [5.74, 6) is -1.08. The lowest BCUT2D eigenvalue weighted by atomic mass is 10.0. The summed E-state index contributed by atoms with van der Waals surface area (Å²) >= 11 is 3.26. The summed E-state index contributed by atoms with van der Waals surface area (Å²) in [6, 6.07) is 4.80. The molecule has 124 valence electrons. The minimum absolute atomic E-state index is 0.0458. The van der Waals surface area contributed by atoms with E-state index in [-0.39, 0.29) is 35.8 Å². The molecule has 1 aromatic heterocycles. The molecule has 8 heteroatoms. The highest BCUT2D eigenvalue weighted by Gasteiger charge is 2.57. The third-order valence-electron chi connectivity index (χ3n) is 4.28. The second-order valence-electron chi connectivity index (χ2n) is 5.76. The molecule has 1 aliphatic carbocycles. The number of hydrogen-bond acceptors (Lipinski definition) is 3. The Morgan fingerprint density at radius 2 is 2.04 bits per heavy atom. The fourth-order valence-corrected chi connectivity index (χ4v) is 3.35. The molecule has 1 fully saturated rings. The van der Waals surface area contributed by atoms with Crippen LogP contribution >= 0.6 is 15.9 Å². The molecule has 24 heavy (non-hydrogen) atoms. The average molecular weight is 396 g/mol. The van der Waals surface area contributed by atoms with Crippen molar-refractivity contribution in [3.63, 3.8) is 0 Å². The van der Waals surface area contributed by atoms with Crippen molar-refractivity contribution in [3.8, 4) is 5.75 Å². The molecule has 3 unspecified atom stereocenters. The molecule has 3 atom stereocenters. The van der Waals surface area contributed by atoms with Gasteiger partial charge in [-0.15, -0.1) is 0 Å². The number of aromatic nitrogens is 1. The predicted molar refractivity (Wildman–Crippen MR) is 86.0 cm³/mol. The van der Waals surface area contributed by atoms with Crippen molar-refractivity contribution in [2.75, 3.05) is 11.9 Å². The van der Waals surface area contributed by atoms with Gasteiger partial charge in [-0.05, 0) is 40.2 Å². The van der Waals surface area contributed by atoms with Crippen LogP contribution in [0.25, 0.3) is 0 Å². The molecule has 0 spiro atoms. The van der Waals surface area contributed by atoms with E-state index in [9.17, 15) is 13.6 Å². The molecule has 2 amide bonds. The van der Waals surface area contributed by atoms with Gasteiger partial charge in [-0.3, -0.25) is 5.32 Å². The summed E-state index contributed by atoms with van der Waals surface area (Å²) in [7, 11) is 0. The summed E-state index contributed by atoms with van der Waals surface area (Å²) in [4.78, 5) is 16.1. The van der Waals surface area contributed by atoms with Crippen LogP contribution in [0.5, 0.6) is 5.75 Å². The van der Waals surface area contributed by atoms with Crippen molar-refractivity contribution in [3.05, 3.63) is 52.1 Å². The molecular weight excluding hydrogens is 384 g/mol. The normalized spacial score (nSPS) is 23.5. The Morgan fingerprint density at radius 1 is 1.25 bits per heavy atom. The predicted octanol–water partition coefficient (Wildman–Crippen LogP) is 3.42. The van der Waals surface area contributed by atoms with Crippen LogP contribution in [-0.4, -0.2) is 23.7 Å². The number of ether oxygens (including phenoxy) is 1. The van der Waals surface area contributed by atoms with Gasteiger partial charge in [0, 0.05) is 34.1 Å².